The lowest BCUT2D eigenvalue weighted by Crippen LogP contribution is -1.99. The summed E-state index contributed by atoms with van der Waals surface area (Å²) in [4.78, 5) is 8.49. The Balaban J connectivity index is 2.28. The quantitative estimate of drug-likeness (QED) is 0.830. The first-order valence-corrected chi connectivity index (χ1v) is 7.39. The SMILES string of the molecule is Cc1ncc(CO)c(C=N[C@H](C)c2ccc(Br)cc2)c1O. The fourth-order valence-electron chi connectivity index (χ4n) is 1.94. The lowest BCUT2D eigenvalue weighted by Gasteiger charge is -2.09. The molecule has 1 aromatic carbocycles. The minimum Gasteiger partial charge on any atom is -0.505 e. The van der Waals surface area contributed by atoms with Crippen molar-refractivity contribution in [2.75, 3.05) is 0 Å². The normalized spacial score (nSPS) is 12.8. The van der Waals surface area contributed by atoms with E-state index in [1.54, 1.807) is 19.3 Å². The van der Waals surface area contributed by atoms with Gasteiger partial charge in [0.2, 0.25) is 0 Å². The number of aliphatic hydroxyl groups is 1. The van der Waals surface area contributed by atoms with Gasteiger partial charge < -0.3 is 10.2 Å². The molecular formula is C16H17BrN2O2. The zero-order valence-electron chi connectivity index (χ0n) is 11.9. The number of hydrogen-bond acceptors (Lipinski definition) is 4. The molecule has 0 unspecified atom stereocenters. The summed E-state index contributed by atoms with van der Waals surface area (Å²) in [5, 5.41) is 19.4. The second-order valence-corrected chi connectivity index (χ2v) is 5.71. The van der Waals surface area contributed by atoms with E-state index in [2.05, 4.69) is 25.9 Å². The number of aryl methyl sites for hydroxylation is 1. The first-order valence-electron chi connectivity index (χ1n) is 6.60. The molecule has 0 radical (unpaired) electrons. The van der Waals surface area contributed by atoms with E-state index in [1.165, 1.54) is 0 Å². The molecule has 1 atom stereocenters. The highest BCUT2D eigenvalue weighted by Gasteiger charge is 2.10. The number of aromatic nitrogens is 1. The van der Waals surface area contributed by atoms with E-state index in [0.717, 1.165) is 10.0 Å². The van der Waals surface area contributed by atoms with Crippen LogP contribution in [0.2, 0.25) is 0 Å². The zero-order valence-corrected chi connectivity index (χ0v) is 13.5. The van der Waals surface area contributed by atoms with Gasteiger partial charge in [-0.05, 0) is 31.5 Å². The van der Waals surface area contributed by atoms with Crippen molar-refractivity contribution >= 4 is 22.1 Å². The first-order chi connectivity index (χ1) is 10.0. The molecule has 0 aliphatic rings. The molecule has 110 valence electrons. The molecule has 0 saturated heterocycles. The van der Waals surface area contributed by atoms with Gasteiger partial charge in [0, 0.05) is 28.0 Å². The summed E-state index contributed by atoms with van der Waals surface area (Å²) in [6, 6.07) is 7.88. The van der Waals surface area contributed by atoms with Crippen LogP contribution in [0.3, 0.4) is 0 Å². The van der Waals surface area contributed by atoms with Gasteiger partial charge >= 0.3 is 0 Å². The molecule has 0 amide bonds. The number of pyridine rings is 1. The van der Waals surface area contributed by atoms with Crippen LogP contribution in [-0.2, 0) is 6.61 Å². The van der Waals surface area contributed by atoms with E-state index in [9.17, 15) is 10.2 Å². The predicted octanol–water partition coefficient (Wildman–Crippen LogP) is 3.53. The van der Waals surface area contributed by atoms with Crippen molar-refractivity contribution in [2.45, 2.75) is 26.5 Å². The van der Waals surface area contributed by atoms with Crippen LogP contribution in [-0.4, -0.2) is 21.4 Å². The average Bonchev–Trinajstić information content (AvgIpc) is 2.49. The number of rotatable bonds is 4. The third kappa shape index (κ3) is 3.68. The predicted molar refractivity (Wildman–Crippen MR) is 86.7 cm³/mol. The number of aliphatic imine (C=N–C) groups is 1. The summed E-state index contributed by atoms with van der Waals surface area (Å²) in [6.45, 7) is 3.50. The van der Waals surface area contributed by atoms with Crippen molar-refractivity contribution in [1.82, 2.24) is 4.98 Å². The van der Waals surface area contributed by atoms with Crippen molar-refractivity contribution in [1.29, 1.82) is 0 Å². The van der Waals surface area contributed by atoms with E-state index in [0.29, 0.717) is 16.8 Å². The molecule has 2 rings (SSSR count). The highest BCUT2D eigenvalue weighted by atomic mass is 79.9. The molecule has 5 heteroatoms. The Bertz CT molecular complexity index is 654. The lowest BCUT2D eigenvalue weighted by molar-refractivity contribution is 0.280. The van der Waals surface area contributed by atoms with Crippen LogP contribution >= 0.6 is 15.9 Å². The Hall–Kier alpha value is -1.72. The van der Waals surface area contributed by atoms with Crippen molar-refractivity contribution in [3.63, 3.8) is 0 Å². The van der Waals surface area contributed by atoms with Crippen LogP contribution in [0, 0.1) is 6.92 Å². The van der Waals surface area contributed by atoms with Gasteiger partial charge in [0.25, 0.3) is 0 Å². The van der Waals surface area contributed by atoms with E-state index in [-0.39, 0.29) is 18.4 Å². The van der Waals surface area contributed by atoms with E-state index >= 15 is 0 Å². The molecular weight excluding hydrogens is 332 g/mol. The monoisotopic (exact) mass is 348 g/mol. The number of halogens is 1. The van der Waals surface area contributed by atoms with Crippen molar-refractivity contribution in [3.05, 3.63) is 57.3 Å². The molecule has 2 aromatic rings. The molecule has 1 aromatic heterocycles. The van der Waals surface area contributed by atoms with Crippen molar-refractivity contribution < 1.29 is 10.2 Å². The van der Waals surface area contributed by atoms with Gasteiger partial charge in [-0.3, -0.25) is 9.98 Å². The second-order valence-electron chi connectivity index (χ2n) is 4.79. The topological polar surface area (TPSA) is 65.7 Å². The number of aliphatic hydroxyl groups excluding tert-OH is 1. The minimum absolute atomic E-state index is 0.0440. The van der Waals surface area contributed by atoms with Crippen molar-refractivity contribution in [3.8, 4) is 5.75 Å². The Morgan fingerprint density at radius 3 is 2.62 bits per heavy atom. The van der Waals surface area contributed by atoms with Gasteiger partial charge in [-0.1, -0.05) is 28.1 Å². The summed E-state index contributed by atoms with van der Waals surface area (Å²) < 4.78 is 1.02. The van der Waals surface area contributed by atoms with Crippen LogP contribution in [0.5, 0.6) is 5.75 Å². The molecule has 0 aliphatic heterocycles. The van der Waals surface area contributed by atoms with Crippen molar-refractivity contribution in [2.24, 2.45) is 4.99 Å². The van der Waals surface area contributed by atoms with E-state index in [4.69, 9.17) is 0 Å². The summed E-state index contributed by atoms with van der Waals surface area (Å²) in [7, 11) is 0. The van der Waals surface area contributed by atoms with Gasteiger partial charge in [-0.25, -0.2) is 0 Å². The van der Waals surface area contributed by atoms with Gasteiger partial charge in [-0.15, -0.1) is 0 Å². The van der Waals surface area contributed by atoms with E-state index < -0.39 is 0 Å². The van der Waals surface area contributed by atoms with Crippen LogP contribution in [0.4, 0.5) is 0 Å². The lowest BCUT2D eigenvalue weighted by atomic mass is 10.1. The number of aromatic hydroxyl groups is 1. The first kappa shape index (κ1) is 15.7. The number of nitrogens with zero attached hydrogens (tertiary/aromatic N) is 2. The molecule has 0 bridgehead atoms. The smallest absolute Gasteiger partial charge is 0.145 e. The molecule has 0 fully saturated rings. The Kier molecular flexibility index (Phi) is 5.09. The molecule has 0 aliphatic carbocycles. The number of hydrogen-bond donors (Lipinski definition) is 2. The van der Waals surface area contributed by atoms with Crippen LogP contribution in [0.1, 0.15) is 35.3 Å². The third-order valence-corrected chi connectivity index (χ3v) is 3.84. The summed E-state index contributed by atoms with van der Waals surface area (Å²) in [5.74, 6) is 0.0632. The fraction of sp³-hybridized carbons (Fsp3) is 0.250. The third-order valence-electron chi connectivity index (χ3n) is 3.31. The van der Waals surface area contributed by atoms with E-state index in [1.807, 2.05) is 31.2 Å². The molecule has 0 spiro atoms. The summed E-state index contributed by atoms with van der Waals surface area (Å²) >= 11 is 3.40. The second kappa shape index (κ2) is 6.83. The Morgan fingerprint density at radius 2 is 2.00 bits per heavy atom. The maximum absolute atomic E-state index is 10.1. The standard InChI is InChI=1S/C16H17BrN2O2/c1-10(12-3-5-14(17)6-4-12)19-8-15-13(9-20)7-18-11(2)16(15)21/h3-8,10,20-21H,9H2,1-2H3/t10-/m1/s1. The Morgan fingerprint density at radius 1 is 1.33 bits per heavy atom. The fourth-order valence-corrected chi connectivity index (χ4v) is 2.20. The van der Waals surface area contributed by atoms with Crippen LogP contribution in [0.15, 0.2) is 39.9 Å². The molecule has 2 N–H and O–H groups in total. The van der Waals surface area contributed by atoms with Crippen LogP contribution < -0.4 is 0 Å². The maximum atomic E-state index is 10.1. The van der Waals surface area contributed by atoms with Gasteiger partial charge in [-0.2, -0.15) is 0 Å². The largest absolute Gasteiger partial charge is 0.505 e. The molecule has 4 nitrogen and oxygen atoms in total. The van der Waals surface area contributed by atoms with Gasteiger partial charge in [0.05, 0.1) is 18.3 Å². The van der Waals surface area contributed by atoms with Gasteiger partial charge in [0.1, 0.15) is 5.75 Å². The van der Waals surface area contributed by atoms with Gasteiger partial charge in [0.15, 0.2) is 0 Å². The molecule has 0 saturated carbocycles. The highest BCUT2D eigenvalue weighted by Crippen LogP contribution is 2.24. The molecule has 1 heterocycles. The maximum Gasteiger partial charge on any atom is 0.145 e. The summed E-state index contributed by atoms with van der Waals surface area (Å²) in [6.07, 6.45) is 3.16. The highest BCUT2D eigenvalue weighted by molar-refractivity contribution is 9.10. The average molecular weight is 349 g/mol. The molecule has 21 heavy (non-hydrogen) atoms. The number of benzene rings is 1. The summed E-state index contributed by atoms with van der Waals surface area (Å²) in [5.41, 5.74) is 2.68. The minimum atomic E-state index is -0.186. The van der Waals surface area contributed by atoms with Crippen LogP contribution in [0.25, 0.3) is 0 Å². The Labute approximate surface area is 132 Å². The zero-order chi connectivity index (χ0) is 15.4.